The van der Waals surface area contributed by atoms with Gasteiger partial charge in [0.05, 0.1) is 0 Å². The van der Waals surface area contributed by atoms with Gasteiger partial charge in [-0.1, -0.05) is 0 Å². The second kappa shape index (κ2) is 9.29. The van der Waals surface area contributed by atoms with Crippen molar-refractivity contribution in [3.05, 3.63) is 62.2 Å². The van der Waals surface area contributed by atoms with Crippen LogP contribution in [-0.2, 0) is 4.79 Å². The quantitative estimate of drug-likeness (QED) is 0.203. The van der Waals surface area contributed by atoms with Crippen LogP contribution in [0.3, 0.4) is 0 Å². The van der Waals surface area contributed by atoms with Crippen LogP contribution < -0.4 is 32.7 Å². The molecule has 4 N–H and O–H groups in total. The fourth-order valence-corrected chi connectivity index (χ4v) is 6.68. The molecular formula is C21H29IN2OP-. The summed E-state index contributed by atoms with van der Waals surface area (Å²) in [6, 6.07) is 12.9. The van der Waals surface area contributed by atoms with Gasteiger partial charge in [-0.15, -0.1) is 0 Å². The Morgan fingerprint density at radius 3 is 2.38 bits per heavy atom. The topological polar surface area (TPSA) is 69.1 Å². The summed E-state index contributed by atoms with van der Waals surface area (Å²) >= 11 is -0.419. The molecule has 0 aliphatic heterocycles. The number of nitrogen functional groups attached to an aromatic ring is 1. The van der Waals surface area contributed by atoms with Gasteiger partial charge in [0.1, 0.15) is 0 Å². The second-order valence-electron chi connectivity index (χ2n) is 7.14. The van der Waals surface area contributed by atoms with Crippen LogP contribution in [0.1, 0.15) is 48.4 Å². The molecule has 3 atom stereocenters. The molecule has 0 aliphatic carbocycles. The Morgan fingerprint density at radius 2 is 1.77 bits per heavy atom. The molecule has 0 aliphatic rings. The molecule has 0 saturated heterocycles. The number of nitrogens with two attached hydrogens (primary N) is 2. The molecule has 2 rings (SSSR count). The number of benzene rings is 2. The monoisotopic (exact) mass is 483 g/mol. The van der Waals surface area contributed by atoms with Crippen LogP contribution in [0.15, 0.2) is 36.4 Å². The van der Waals surface area contributed by atoms with Gasteiger partial charge in [-0.3, -0.25) is 0 Å². The zero-order valence-corrected chi connectivity index (χ0v) is 19.2. The molecule has 0 spiro atoms. The van der Waals surface area contributed by atoms with Gasteiger partial charge >= 0.3 is 170 Å². The Labute approximate surface area is 169 Å². The van der Waals surface area contributed by atoms with Gasteiger partial charge in [-0.25, -0.2) is 0 Å². The Bertz CT molecular complexity index is 792. The van der Waals surface area contributed by atoms with Crippen LogP contribution in [0.25, 0.3) is 0 Å². The standard InChI is InChI=1S/C21H29IN2OP/c1-12(2)21(17-10-16(23)8-6-13(17)3)15-7-5-14(4)18(9-15)22-19(24)11-20(25)26/h5-10,12,19,21H,11,23-24,26H2,1-4H3/q-1/t19-,21?/m0/s1. The molecule has 2 aromatic rings. The number of alkyl halides is 1. The number of halogens is 1. The molecule has 0 saturated carbocycles. The van der Waals surface area contributed by atoms with Crippen molar-refractivity contribution in [3.8, 4) is 0 Å². The van der Waals surface area contributed by atoms with E-state index < -0.39 is 21.2 Å². The van der Waals surface area contributed by atoms with Gasteiger partial charge in [0.2, 0.25) is 0 Å². The first kappa shape index (κ1) is 21.3. The summed E-state index contributed by atoms with van der Waals surface area (Å²) < 4.78 is 1.28. The number of carbonyl (C=O) groups is 1. The minimum absolute atomic E-state index is 0.0423. The van der Waals surface area contributed by atoms with Crippen LogP contribution in [0.2, 0.25) is 0 Å². The summed E-state index contributed by atoms with van der Waals surface area (Å²) in [5.41, 5.74) is 18.3. The molecule has 2 unspecified atom stereocenters. The first-order valence-electron chi connectivity index (χ1n) is 8.83. The number of anilines is 1. The van der Waals surface area contributed by atoms with E-state index in [1.54, 1.807) is 0 Å². The number of hydrogen-bond acceptors (Lipinski definition) is 3. The van der Waals surface area contributed by atoms with E-state index in [0.29, 0.717) is 18.3 Å². The predicted molar refractivity (Wildman–Crippen MR) is 109 cm³/mol. The van der Waals surface area contributed by atoms with E-state index in [9.17, 15) is 4.79 Å². The van der Waals surface area contributed by atoms with Gasteiger partial charge in [-0.05, 0) is 0 Å². The van der Waals surface area contributed by atoms with E-state index >= 15 is 0 Å². The summed E-state index contributed by atoms with van der Waals surface area (Å²) in [4.78, 5) is 11.3. The number of carbonyl (C=O) groups excluding carboxylic acids is 1. The van der Waals surface area contributed by atoms with Crippen molar-refractivity contribution in [2.75, 3.05) is 5.73 Å². The summed E-state index contributed by atoms with van der Waals surface area (Å²) in [5.74, 6) is 0.744. The first-order valence-corrected chi connectivity index (χ1v) is 11.7. The van der Waals surface area contributed by atoms with Gasteiger partial charge in [0.15, 0.2) is 0 Å². The first-order chi connectivity index (χ1) is 12.2. The zero-order valence-electron chi connectivity index (χ0n) is 15.9. The summed E-state index contributed by atoms with van der Waals surface area (Å²) in [6.45, 7) is 8.78. The van der Waals surface area contributed by atoms with Crippen molar-refractivity contribution in [3.63, 3.8) is 0 Å². The summed E-state index contributed by atoms with van der Waals surface area (Å²) in [5, 5.41) is 0. The molecular weight excluding hydrogens is 454 g/mol. The maximum absolute atomic E-state index is 11.3. The molecule has 0 bridgehead atoms. The third kappa shape index (κ3) is 5.51. The molecule has 0 heterocycles. The van der Waals surface area contributed by atoms with Crippen molar-refractivity contribution in [1.82, 2.24) is 0 Å². The summed E-state index contributed by atoms with van der Waals surface area (Å²) in [7, 11) is 2.23. The Kier molecular flexibility index (Phi) is 7.63. The van der Waals surface area contributed by atoms with Crippen molar-refractivity contribution in [1.29, 1.82) is 0 Å². The molecule has 2 aromatic carbocycles. The van der Waals surface area contributed by atoms with E-state index in [2.05, 4.69) is 67.3 Å². The Balaban J connectivity index is 2.42. The van der Waals surface area contributed by atoms with Crippen molar-refractivity contribution in [2.45, 2.75) is 44.1 Å². The fraction of sp³-hybridized carbons (Fsp3) is 0.381. The molecule has 0 fully saturated rings. The molecule has 0 aromatic heterocycles. The Hall–Kier alpha value is -0.970. The number of rotatable bonds is 7. The van der Waals surface area contributed by atoms with Crippen LogP contribution in [0, 0.1) is 23.3 Å². The maximum atomic E-state index is 11.3. The molecule has 0 radical (unpaired) electrons. The fourth-order valence-electron chi connectivity index (χ4n) is 3.22. The van der Waals surface area contributed by atoms with E-state index in [-0.39, 0.29) is 9.57 Å². The molecule has 5 heteroatoms. The Morgan fingerprint density at radius 1 is 1.12 bits per heavy atom. The average molecular weight is 483 g/mol. The van der Waals surface area contributed by atoms with Crippen molar-refractivity contribution in [2.24, 2.45) is 11.7 Å². The van der Waals surface area contributed by atoms with Crippen molar-refractivity contribution < 1.29 is 26.0 Å². The van der Waals surface area contributed by atoms with Gasteiger partial charge in [0, 0.05) is 0 Å². The number of aryl methyl sites for hydroxylation is 2. The van der Waals surface area contributed by atoms with Gasteiger partial charge in [0.25, 0.3) is 0 Å². The third-order valence-electron chi connectivity index (χ3n) is 4.51. The van der Waals surface area contributed by atoms with Crippen LogP contribution in [-0.4, -0.2) is 9.57 Å². The van der Waals surface area contributed by atoms with E-state index in [4.69, 9.17) is 11.5 Å². The molecule has 26 heavy (non-hydrogen) atoms. The van der Waals surface area contributed by atoms with E-state index in [0.717, 1.165) is 5.69 Å². The predicted octanol–water partition coefficient (Wildman–Crippen LogP) is 1.01. The molecule has 3 nitrogen and oxygen atoms in total. The minimum atomic E-state index is -0.419. The van der Waals surface area contributed by atoms with Crippen LogP contribution in [0.4, 0.5) is 5.69 Å². The van der Waals surface area contributed by atoms with E-state index in [1.807, 2.05) is 6.07 Å². The van der Waals surface area contributed by atoms with Crippen LogP contribution >= 0.6 is 9.24 Å². The molecule has 142 valence electrons. The molecule has 0 amide bonds. The zero-order chi connectivity index (χ0) is 19.4. The number of hydrogen-bond donors (Lipinski definition) is 2. The average Bonchev–Trinajstić information content (AvgIpc) is 2.53. The van der Waals surface area contributed by atoms with E-state index in [1.165, 1.54) is 25.8 Å². The summed E-state index contributed by atoms with van der Waals surface area (Å²) in [6.07, 6.45) is 0.434. The van der Waals surface area contributed by atoms with Gasteiger partial charge < -0.3 is 0 Å². The normalized spacial score (nSPS) is 13.8. The third-order valence-corrected chi connectivity index (χ3v) is 7.82. The van der Waals surface area contributed by atoms with Crippen molar-refractivity contribution >= 4 is 20.5 Å². The SMILES string of the molecule is Cc1ccc(C(c2cc(N)ccc2C)C(C)C)cc1[I-][C@@H](N)CC(=O)P. The van der Waals surface area contributed by atoms with Gasteiger partial charge in [-0.2, -0.15) is 0 Å². The second-order valence-corrected chi connectivity index (χ2v) is 11.2. The van der Waals surface area contributed by atoms with Crippen LogP contribution in [0.5, 0.6) is 0 Å².